The molecule has 4 N–H and O–H groups in total. The zero-order valence-electron chi connectivity index (χ0n) is 12.9. The van der Waals surface area contributed by atoms with Crippen LogP contribution in [0.1, 0.15) is 36.0 Å². The molecule has 0 aromatic heterocycles. The number of benzene rings is 1. The van der Waals surface area contributed by atoms with Crippen molar-refractivity contribution in [3.05, 3.63) is 35.9 Å². The number of carbonyl (C=O) groups is 4. The van der Waals surface area contributed by atoms with E-state index in [1.54, 1.807) is 18.2 Å². The molecule has 0 aliphatic heterocycles. The third-order valence-corrected chi connectivity index (χ3v) is 4.10. The van der Waals surface area contributed by atoms with E-state index in [0.29, 0.717) is 0 Å². The predicted molar refractivity (Wildman–Crippen MR) is 82.0 cm³/mol. The maximum Gasteiger partial charge on any atom is 0.296 e. The van der Waals surface area contributed by atoms with Gasteiger partial charge in [-0.25, -0.2) is 5.84 Å². The molecular weight excluding hydrogens is 319 g/mol. The lowest BCUT2D eigenvalue weighted by Crippen LogP contribution is -2.28. The van der Waals surface area contributed by atoms with E-state index in [-0.39, 0.29) is 22.9 Å². The monoisotopic (exact) mass is 338 g/mol. The molecule has 2 unspecified atom stereocenters. The molecule has 2 saturated carbocycles. The molecule has 1 aromatic carbocycles. The summed E-state index contributed by atoms with van der Waals surface area (Å²) in [5.74, 6) is 1.64. The minimum atomic E-state index is -0.842. The maximum atomic E-state index is 12.0. The molecule has 1 aromatic rings. The van der Waals surface area contributed by atoms with Crippen LogP contribution in [0, 0.1) is 11.8 Å². The van der Waals surface area contributed by atoms with E-state index in [1.165, 1.54) is 12.1 Å². The van der Waals surface area contributed by atoms with Gasteiger partial charge in [-0.2, -0.15) is 0 Å². The molecule has 2 fully saturated rings. The molecule has 2 aliphatic carbocycles. The molecule has 0 heterocycles. The summed E-state index contributed by atoms with van der Waals surface area (Å²) in [7, 11) is 0. The second-order valence-electron chi connectivity index (χ2n) is 5.54. The first-order chi connectivity index (χ1) is 10.9. The van der Waals surface area contributed by atoms with Gasteiger partial charge in [0.2, 0.25) is 11.6 Å². The third-order valence-electron chi connectivity index (χ3n) is 4.10. The third kappa shape index (κ3) is 4.09. The van der Waals surface area contributed by atoms with Crippen LogP contribution in [0.4, 0.5) is 4.48 Å². The fourth-order valence-electron chi connectivity index (χ4n) is 2.92. The largest absolute Gasteiger partial charge is 0.412 e. The summed E-state index contributed by atoms with van der Waals surface area (Å²) in [4.78, 5) is 44.1. The minimum absolute atomic E-state index is 0. The standard InChI is InChI=1S/C9H10O3.C7H7FN2O.H2O/c10-7-5-3-1-2-4-6(5)8(11)9(7)12;8-10(9)7(11)6-4-2-1-3-5-6;/h5-6H,1-4H2;1-5H,9H2;1H2. The average Bonchev–Trinajstić information content (AvgIpc) is 2.80. The second kappa shape index (κ2) is 8.42. The zero-order chi connectivity index (χ0) is 17.0. The molecule has 1 amide bonds. The van der Waals surface area contributed by atoms with Gasteiger partial charge in [-0.05, 0) is 25.0 Å². The highest BCUT2D eigenvalue weighted by Crippen LogP contribution is 2.36. The lowest BCUT2D eigenvalue weighted by Gasteiger charge is -2.20. The van der Waals surface area contributed by atoms with Crippen molar-refractivity contribution in [3.8, 4) is 0 Å². The van der Waals surface area contributed by atoms with Crippen molar-refractivity contribution in [2.45, 2.75) is 25.7 Å². The molecule has 0 spiro atoms. The van der Waals surface area contributed by atoms with E-state index in [1.807, 2.05) is 0 Å². The summed E-state index contributed by atoms with van der Waals surface area (Å²) >= 11 is 0. The first-order valence-corrected chi connectivity index (χ1v) is 7.36. The first kappa shape index (κ1) is 19.6. The number of fused-ring (bicyclic) bond motifs is 1. The van der Waals surface area contributed by atoms with E-state index < -0.39 is 28.5 Å². The van der Waals surface area contributed by atoms with Crippen LogP contribution in [0.3, 0.4) is 0 Å². The Morgan fingerprint density at radius 1 is 1.00 bits per heavy atom. The van der Waals surface area contributed by atoms with Gasteiger partial charge in [-0.15, -0.1) is 5.23 Å². The highest BCUT2D eigenvalue weighted by Gasteiger charge is 2.48. The highest BCUT2D eigenvalue weighted by atomic mass is 19.2. The van der Waals surface area contributed by atoms with Gasteiger partial charge in [-0.1, -0.05) is 35.5 Å². The van der Waals surface area contributed by atoms with Crippen molar-refractivity contribution < 1.29 is 29.1 Å². The van der Waals surface area contributed by atoms with Crippen LogP contribution in [0.15, 0.2) is 30.3 Å². The molecule has 24 heavy (non-hydrogen) atoms. The Morgan fingerprint density at radius 2 is 1.46 bits per heavy atom. The molecule has 7 nitrogen and oxygen atoms in total. The number of hydrogen-bond acceptors (Lipinski definition) is 5. The molecule has 2 aliphatic rings. The molecule has 3 rings (SSSR count). The second-order valence-corrected chi connectivity index (χ2v) is 5.54. The van der Waals surface area contributed by atoms with Crippen LogP contribution >= 0.6 is 0 Å². The number of nitrogens with two attached hydrogens (primary N) is 1. The van der Waals surface area contributed by atoms with Crippen LogP contribution in [0.2, 0.25) is 0 Å². The number of nitrogens with zero attached hydrogens (tertiary/aromatic N) is 1. The van der Waals surface area contributed by atoms with Crippen LogP contribution in [0.5, 0.6) is 0 Å². The van der Waals surface area contributed by atoms with E-state index in [4.69, 9.17) is 0 Å². The van der Waals surface area contributed by atoms with Gasteiger partial charge >= 0.3 is 0 Å². The summed E-state index contributed by atoms with van der Waals surface area (Å²) in [6, 6.07) is 7.98. The lowest BCUT2D eigenvalue weighted by molar-refractivity contribution is -0.141. The number of carbonyl (C=O) groups excluding carboxylic acids is 4. The number of amides is 1. The Kier molecular flexibility index (Phi) is 6.87. The molecule has 2 atom stereocenters. The van der Waals surface area contributed by atoms with Crippen molar-refractivity contribution in [1.29, 1.82) is 0 Å². The van der Waals surface area contributed by atoms with Crippen molar-refractivity contribution in [3.63, 3.8) is 0 Å². The average molecular weight is 338 g/mol. The summed E-state index contributed by atoms with van der Waals surface area (Å²) in [6.45, 7) is 0. The molecule has 0 saturated heterocycles. The minimum Gasteiger partial charge on any atom is -0.412 e. The van der Waals surface area contributed by atoms with Crippen LogP contribution in [-0.4, -0.2) is 34.0 Å². The van der Waals surface area contributed by atoms with E-state index in [0.717, 1.165) is 25.7 Å². The van der Waals surface area contributed by atoms with Crippen molar-refractivity contribution >= 4 is 23.3 Å². The van der Waals surface area contributed by atoms with Gasteiger partial charge in [0, 0.05) is 17.4 Å². The SMILES string of the molecule is NN(F)C(=O)c1ccccc1.O.O=C1C(=O)C2CCCCC2C1=O. The van der Waals surface area contributed by atoms with Crippen LogP contribution in [-0.2, 0) is 14.4 Å². The molecule has 130 valence electrons. The Balaban J connectivity index is 0.000000232. The first-order valence-electron chi connectivity index (χ1n) is 7.36. The van der Waals surface area contributed by atoms with Gasteiger partial charge in [0.15, 0.2) is 0 Å². The molecule has 0 bridgehead atoms. The van der Waals surface area contributed by atoms with Gasteiger partial charge < -0.3 is 5.48 Å². The lowest BCUT2D eigenvalue weighted by atomic mass is 9.81. The smallest absolute Gasteiger partial charge is 0.296 e. The summed E-state index contributed by atoms with van der Waals surface area (Å²) < 4.78 is 12.0. The summed E-state index contributed by atoms with van der Waals surface area (Å²) in [6.07, 6.45) is 3.43. The Morgan fingerprint density at radius 3 is 1.88 bits per heavy atom. The van der Waals surface area contributed by atoms with Crippen molar-refractivity contribution in [2.24, 2.45) is 17.7 Å². The van der Waals surface area contributed by atoms with E-state index in [2.05, 4.69) is 5.84 Å². The van der Waals surface area contributed by atoms with Crippen molar-refractivity contribution in [1.82, 2.24) is 5.23 Å². The number of Topliss-reactive ketones (excluding diaryl/α,β-unsaturated/α-hetero) is 3. The fraction of sp³-hybridized carbons (Fsp3) is 0.375. The zero-order valence-corrected chi connectivity index (χ0v) is 12.9. The fourth-order valence-corrected chi connectivity index (χ4v) is 2.92. The molecule has 0 radical (unpaired) electrons. The van der Waals surface area contributed by atoms with Gasteiger partial charge in [0.25, 0.3) is 11.7 Å². The van der Waals surface area contributed by atoms with Gasteiger partial charge in [0.05, 0.1) is 0 Å². The van der Waals surface area contributed by atoms with Crippen molar-refractivity contribution in [2.75, 3.05) is 0 Å². The van der Waals surface area contributed by atoms with Crippen LogP contribution < -0.4 is 5.84 Å². The number of rotatable bonds is 1. The van der Waals surface area contributed by atoms with E-state index in [9.17, 15) is 23.7 Å². The number of hydrazine groups is 1. The van der Waals surface area contributed by atoms with Crippen LogP contribution in [0.25, 0.3) is 0 Å². The highest BCUT2D eigenvalue weighted by molar-refractivity contribution is 6.68. The number of halogens is 1. The number of ketones is 3. The molecule has 8 heteroatoms. The predicted octanol–water partition coefficient (Wildman–Crippen LogP) is 0.576. The Hall–Kier alpha value is -2.45. The maximum absolute atomic E-state index is 12.0. The van der Waals surface area contributed by atoms with Gasteiger partial charge in [-0.3, -0.25) is 19.2 Å². The van der Waals surface area contributed by atoms with E-state index >= 15 is 0 Å². The summed E-state index contributed by atoms with van der Waals surface area (Å²) in [5, 5.41) is -0.435. The quantitative estimate of drug-likeness (QED) is 0.263. The summed E-state index contributed by atoms with van der Waals surface area (Å²) in [5.41, 5.74) is 0.234. The Bertz CT molecular complexity index is 607. The number of hydrogen-bond donors (Lipinski definition) is 1. The Labute approximate surface area is 137 Å². The van der Waals surface area contributed by atoms with Gasteiger partial charge in [0.1, 0.15) is 0 Å². The molecular formula is C16H19FN2O5. The topological polar surface area (TPSA) is 129 Å². The normalized spacial score (nSPS) is 22.0.